The molecule has 0 unspecified atom stereocenters. The summed E-state index contributed by atoms with van der Waals surface area (Å²) in [6, 6.07) is 5.30. The standard InChI is InChI=1S/C19H26N2O5/c1-5-8-25-9-6-7-20-19(22)17-13(2)21-26-18(17)14-10-15(23-3)12-16(11-14)24-4/h10-12H,5-9H2,1-4H3,(H,20,22). The number of nitrogens with one attached hydrogen (secondary N) is 1. The maximum atomic E-state index is 12.6. The van der Waals surface area contributed by atoms with Crippen molar-refractivity contribution in [1.82, 2.24) is 10.5 Å². The highest BCUT2D eigenvalue weighted by Gasteiger charge is 2.22. The van der Waals surface area contributed by atoms with Crippen molar-refractivity contribution in [3.8, 4) is 22.8 Å². The third-order valence-electron chi connectivity index (χ3n) is 3.80. The number of methoxy groups -OCH3 is 2. The van der Waals surface area contributed by atoms with Crippen LogP contribution in [0, 0.1) is 6.92 Å². The average Bonchev–Trinajstić information content (AvgIpc) is 3.05. The Hall–Kier alpha value is -2.54. The van der Waals surface area contributed by atoms with Crippen LogP contribution in [0.3, 0.4) is 0 Å². The van der Waals surface area contributed by atoms with E-state index in [1.54, 1.807) is 39.3 Å². The quantitative estimate of drug-likeness (QED) is 0.654. The molecule has 1 heterocycles. The van der Waals surface area contributed by atoms with Crippen LogP contribution in [0.2, 0.25) is 0 Å². The lowest BCUT2D eigenvalue weighted by atomic mass is 10.1. The lowest BCUT2D eigenvalue weighted by Crippen LogP contribution is -2.26. The van der Waals surface area contributed by atoms with Crippen LogP contribution in [0.5, 0.6) is 11.5 Å². The van der Waals surface area contributed by atoms with Gasteiger partial charge in [-0.1, -0.05) is 12.1 Å². The third-order valence-corrected chi connectivity index (χ3v) is 3.80. The number of nitrogens with zero attached hydrogens (tertiary/aromatic N) is 1. The van der Waals surface area contributed by atoms with Gasteiger partial charge in [0.05, 0.1) is 19.9 Å². The number of hydrogen-bond acceptors (Lipinski definition) is 6. The average molecular weight is 362 g/mol. The van der Waals surface area contributed by atoms with Crippen molar-refractivity contribution >= 4 is 5.91 Å². The summed E-state index contributed by atoms with van der Waals surface area (Å²) >= 11 is 0. The summed E-state index contributed by atoms with van der Waals surface area (Å²) in [7, 11) is 3.14. The van der Waals surface area contributed by atoms with Crippen LogP contribution in [0.4, 0.5) is 0 Å². The van der Waals surface area contributed by atoms with Gasteiger partial charge in [-0.3, -0.25) is 4.79 Å². The van der Waals surface area contributed by atoms with Gasteiger partial charge in [-0.15, -0.1) is 0 Å². The molecule has 0 bridgehead atoms. The van der Waals surface area contributed by atoms with Crippen LogP contribution in [-0.4, -0.2) is 45.0 Å². The molecule has 7 heteroatoms. The number of aryl methyl sites for hydroxylation is 1. The van der Waals surface area contributed by atoms with Crippen LogP contribution in [0.25, 0.3) is 11.3 Å². The molecular formula is C19H26N2O5. The van der Waals surface area contributed by atoms with Crippen LogP contribution in [-0.2, 0) is 4.74 Å². The first-order valence-electron chi connectivity index (χ1n) is 8.66. The molecular weight excluding hydrogens is 336 g/mol. The van der Waals surface area contributed by atoms with Gasteiger partial charge in [0.1, 0.15) is 17.1 Å². The van der Waals surface area contributed by atoms with E-state index in [0.29, 0.717) is 47.2 Å². The van der Waals surface area contributed by atoms with Crippen molar-refractivity contribution in [2.45, 2.75) is 26.7 Å². The molecule has 2 rings (SSSR count). The second kappa shape index (κ2) is 9.82. The Kier molecular flexibility index (Phi) is 7.47. The molecule has 0 aliphatic heterocycles. The molecule has 0 saturated heterocycles. The van der Waals surface area contributed by atoms with E-state index in [1.165, 1.54) is 0 Å². The highest BCUT2D eigenvalue weighted by Crippen LogP contribution is 2.32. The molecule has 0 spiro atoms. The van der Waals surface area contributed by atoms with Crippen LogP contribution in [0.15, 0.2) is 22.7 Å². The largest absolute Gasteiger partial charge is 0.497 e. The maximum absolute atomic E-state index is 12.6. The minimum absolute atomic E-state index is 0.226. The van der Waals surface area contributed by atoms with E-state index < -0.39 is 0 Å². The highest BCUT2D eigenvalue weighted by molar-refractivity contribution is 6.00. The van der Waals surface area contributed by atoms with Gasteiger partial charge in [0, 0.05) is 31.4 Å². The van der Waals surface area contributed by atoms with Crippen molar-refractivity contribution < 1.29 is 23.5 Å². The van der Waals surface area contributed by atoms with Crippen LogP contribution in [0.1, 0.15) is 35.8 Å². The SMILES string of the molecule is CCCOCCCNC(=O)c1c(C)noc1-c1cc(OC)cc(OC)c1. The number of ether oxygens (including phenoxy) is 3. The van der Waals surface area contributed by atoms with Crippen molar-refractivity contribution in [2.75, 3.05) is 34.0 Å². The lowest BCUT2D eigenvalue weighted by molar-refractivity contribution is 0.0941. The summed E-state index contributed by atoms with van der Waals surface area (Å²) in [6.07, 6.45) is 1.73. The number of amides is 1. The van der Waals surface area contributed by atoms with Gasteiger partial charge in [0.2, 0.25) is 0 Å². The van der Waals surface area contributed by atoms with Gasteiger partial charge in [-0.2, -0.15) is 0 Å². The second-order valence-electron chi connectivity index (χ2n) is 5.80. The number of aromatic nitrogens is 1. The Labute approximate surface area is 153 Å². The van der Waals surface area contributed by atoms with Crippen molar-refractivity contribution in [3.05, 3.63) is 29.5 Å². The normalized spacial score (nSPS) is 10.6. The molecule has 1 aromatic heterocycles. The molecule has 26 heavy (non-hydrogen) atoms. The van der Waals surface area contributed by atoms with E-state index in [1.807, 2.05) is 0 Å². The van der Waals surface area contributed by atoms with Gasteiger partial charge < -0.3 is 24.1 Å². The van der Waals surface area contributed by atoms with Gasteiger partial charge >= 0.3 is 0 Å². The number of rotatable bonds is 10. The summed E-state index contributed by atoms with van der Waals surface area (Å²) in [6.45, 7) is 5.68. The van der Waals surface area contributed by atoms with Gasteiger partial charge in [-0.25, -0.2) is 0 Å². The molecule has 1 aromatic carbocycles. The second-order valence-corrected chi connectivity index (χ2v) is 5.80. The zero-order chi connectivity index (χ0) is 18.9. The maximum Gasteiger partial charge on any atom is 0.257 e. The van der Waals surface area contributed by atoms with Gasteiger partial charge in [0.25, 0.3) is 5.91 Å². The fraction of sp³-hybridized carbons (Fsp3) is 0.474. The van der Waals surface area contributed by atoms with E-state index in [0.717, 1.165) is 19.4 Å². The van der Waals surface area contributed by atoms with Gasteiger partial charge in [-0.05, 0) is 31.9 Å². The Morgan fingerprint density at radius 3 is 2.46 bits per heavy atom. The van der Waals surface area contributed by atoms with Gasteiger partial charge in [0.15, 0.2) is 5.76 Å². The number of hydrogen-bond donors (Lipinski definition) is 1. The molecule has 0 saturated carbocycles. The molecule has 1 amide bonds. The molecule has 0 fully saturated rings. The zero-order valence-corrected chi connectivity index (χ0v) is 15.8. The molecule has 2 aromatic rings. The summed E-state index contributed by atoms with van der Waals surface area (Å²) < 4.78 is 21.4. The molecule has 0 aliphatic carbocycles. The van der Waals surface area contributed by atoms with E-state index in [2.05, 4.69) is 17.4 Å². The fourth-order valence-corrected chi connectivity index (χ4v) is 2.48. The first-order valence-corrected chi connectivity index (χ1v) is 8.66. The van der Waals surface area contributed by atoms with E-state index in [-0.39, 0.29) is 5.91 Å². The van der Waals surface area contributed by atoms with E-state index >= 15 is 0 Å². The van der Waals surface area contributed by atoms with Crippen molar-refractivity contribution in [2.24, 2.45) is 0 Å². The molecule has 0 atom stereocenters. The van der Waals surface area contributed by atoms with E-state index in [4.69, 9.17) is 18.7 Å². The first-order chi connectivity index (χ1) is 12.6. The zero-order valence-electron chi connectivity index (χ0n) is 15.8. The molecule has 1 N–H and O–H groups in total. The highest BCUT2D eigenvalue weighted by atomic mass is 16.5. The predicted octanol–water partition coefficient (Wildman–Crippen LogP) is 3.21. The summed E-state index contributed by atoms with van der Waals surface area (Å²) in [5, 5.41) is 6.84. The summed E-state index contributed by atoms with van der Waals surface area (Å²) in [4.78, 5) is 12.6. The molecule has 7 nitrogen and oxygen atoms in total. The number of carbonyl (C=O) groups excluding carboxylic acids is 1. The molecule has 0 aliphatic rings. The monoisotopic (exact) mass is 362 g/mol. The summed E-state index contributed by atoms with van der Waals surface area (Å²) in [5.41, 5.74) is 1.61. The fourth-order valence-electron chi connectivity index (χ4n) is 2.48. The predicted molar refractivity (Wildman–Crippen MR) is 97.8 cm³/mol. The number of carbonyl (C=O) groups is 1. The minimum Gasteiger partial charge on any atom is -0.497 e. The Morgan fingerprint density at radius 2 is 1.85 bits per heavy atom. The van der Waals surface area contributed by atoms with Crippen LogP contribution < -0.4 is 14.8 Å². The minimum atomic E-state index is -0.226. The molecule has 0 radical (unpaired) electrons. The Bertz CT molecular complexity index is 704. The lowest BCUT2D eigenvalue weighted by Gasteiger charge is -2.09. The van der Waals surface area contributed by atoms with E-state index in [9.17, 15) is 4.79 Å². The van der Waals surface area contributed by atoms with Crippen molar-refractivity contribution in [1.29, 1.82) is 0 Å². The topological polar surface area (TPSA) is 82.8 Å². The number of benzene rings is 1. The van der Waals surface area contributed by atoms with Crippen LogP contribution >= 0.6 is 0 Å². The first kappa shape index (κ1) is 19.8. The Morgan fingerprint density at radius 1 is 1.15 bits per heavy atom. The molecule has 142 valence electrons. The Balaban J connectivity index is 2.14. The summed E-state index contributed by atoms with van der Waals surface area (Å²) in [5.74, 6) is 1.37. The third kappa shape index (κ3) is 4.98. The van der Waals surface area contributed by atoms with Crippen molar-refractivity contribution in [3.63, 3.8) is 0 Å². The smallest absolute Gasteiger partial charge is 0.257 e.